The quantitative estimate of drug-likeness (QED) is 0.522. The van der Waals surface area contributed by atoms with Crippen molar-refractivity contribution >= 4 is 5.95 Å². The second kappa shape index (κ2) is 3.48. The van der Waals surface area contributed by atoms with Crippen LogP contribution in [0, 0.1) is 10.1 Å². The van der Waals surface area contributed by atoms with Crippen LogP contribution in [0.4, 0.5) is 5.95 Å². The van der Waals surface area contributed by atoms with Crippen LogP contribution in [0.5, 0.6) is 0 Å². The Balaban J connectivity index is 2.20. The van der Waals surface area contributed by atoms with E-state index in [1.165, 1.54) is 21.6 Å². The number of aryl methyl sites for hydroxylation is 1. The average Bonchev–Trinajstić information content (AvgIpc) is 2.87. The van der Waals surface area contributed by atoms with Gasteiger partial charge in [-0.15, -0.1) is 5.10 Å². The highest BCUT2D eigenvalue weighted by molar-refractivity contribution is 5.09. The average molecular weight is 209 g/mol. The monoisotopic (exact) mass is 209 g/mol. The largest absolute Gasteiger partial charge is 0.434 e. The molecule has 0 spiro atoms. The molecule has 0 aromatic carbocycles. The molecule has 0 N–H and O–H groups in total. The Hall–Kier alpha value is -2.25. The van der Waals surface area contributed by atoms with Gasteiger partial charge in [0.05, 0.1) is 6.20 Å². The molecule has 0 saturated carbocycles. The van der Waals surface area contributed by atoms with Gasteiger partial charge >= 0.3 is 5.95 Å². The molecular weight excluding hydrogens is 200 g/mol. The highest BCUT2D eigenvalue weighted by Gasteiger charge is 2.15. The van der Waals surface area contributed by atoms with E-state index >= 15 is 0 Å². The van der Waals surface area contributed by atoms with Gasteiger partial charge in [0.2, 0.25) is 0 Å². The van der Waals surface area contributed by atoms with Crippen molar-refractivity contribution < 1.29 is 6.29 Å². The number of nitrogens with zero attached hydrogens (tertiary/aromatic N) is 6. The SMILES string of the molecule is [2H]Cn1cc(Cn2ccnc2[N+](=O)[O-])nn1. The third-order valence-electron chi connectivity index (χ3n) is 1.78. The molecule has 0 aliphatic heterocycles. The van der Waals surface area contributed by atoms with E-state index in [9.17, 15) is 10.1 Å². The number of nitro groups is 1. The molecule has 2 rings (SSSR count). The molecule has 2 aromatic heterocycles. The summed E-state index contributed by atoms with van der Waals surface area (Å²) in [7, 11) is -0.0287. The van der Waals surface area contributed by atoms with Crippen molar-refractivity contribution in [1.82, 2.24) is 24.5 Å². The first-order valence-corrected chi connectivity index (χ1v) is 4.04. The summed E-state index contributed by atoms with van der Waals surface area (Å²) in [5, 5.41) is 18.0. The predicted molar refractivity (Wildman–Crippen MR) is 49.0 cm³/mol. The van der Waals surface area contributed by atoms with Crippen LogP contribution in [-0.4, -0.2) is 29.5 Å². The Morgan fingerprint density at radius 1 is 1.73 bits per heavy atom. The lowest BCUT2D eigenvalue weighted by molar-refractivity contribution is -0.396. The Morgan fingerprint density at radius 3 is 3.27 bits per heavy atom. The third kappa shape index (κ3) is 1.82. The lowest BCUT2D eigenvalue weighted by Crippen LogP contribution is -2.04. The topological polar surface area (TPSA) is 91.7 Å². The van der Waals surface area contributed by atoms with E-state index in [4.69, 9.17) is 1.37 Å². The van der Waals surface area contributed by atoms with Crippen molar-refractivity contribution in [1.29, 1.82) is 0 Å². The Bertz CT molecular complexity index is 506. The van der Waals surface area contributed by atoms with Crippen molar-refractivity contribution in [2.24, 2.45) is 7.02 Å². The minimum absolute atomic E-state index is 0.0287. The Labute approximate surface area is 85.7 Å². The highest BCUT2D eigenvalue weighted by atomic mass is 16.6. The smallest absolute Gasteiger partial charge is 0.390 e. The number of imidazole rings is 1. The number of hydrogen-bond acceptors (Lipinski definition) is 5. The Kier molecular flexibility index (Phi) is 1.88. The lowest BCUT2D eigenvalue weighted by Gasteiger charge is -1.97. The van der Waals surface area contributed by atoms with Crippen LogP contribution in [-0.2, 0) is 13.6 Å². The van der Waals surface area contributed by atoms with Gasteiger partial charge in [-0.1, -0.05) is 10.2 Å². The summed E-state index contributed by atoms with van der Waals surface area (Å²) in [5.41, 5.74) is 0.549. The second-order valence-electron chi connectivity index (χ2n) is 2.86. The predicted octanol–water partition coefficient (Wildman–Crippen LogP) is -0.0319. The zero-order valence-electron chi connectivity index (χ0n) is 8.65. The van der Waals surface area contributed by atoms with Crippen molar-refractivity contribution in [3.63, 3.8) is 0 Å². The summed E-state index contributed by atoms with van der Waals surface area (Å²) in [6.45, 7) is 0.219. The van der Waals surface area contributed by atoms with Crippen LogP contribution >= 0.6 is 0 Å². The third-order valence-corrected chi connectivity index (χ3v) is 1.78. The fraction of sp³-hybridized carbons (Fsp3) is 0.286. The molecule has 0 aliphatic carbocycles. The zero-order chi connectivity index (χ0) is 11.5. The molecule has 0 atom stereocenters. The maximum atomic E-state index is 10.6. The standard InChI is InChI=1S/C7H8N6O2/c1-11-4-6(9-10-11)5-12-3-2-8-7(12)13(14)15/h2-4H,5H2,1H3/i1D. The van der Waals surface area contributed by atoms with E-state index in [-0.39, 0.29) is 19.5 Å². The van der Waals surface area contributed by atoms with Gasteiger partial charge in [-0.05, 0) is 4.92 Å². The van der Waals surface area contributed by atoms with E-state index in [1.54, 1.807) is 6.20 Å². The highest BCUT2D eigenvalue weighted by Crippen LogP contribution is 2.09. The number of hydrogen-bond donors (Lipinski definition) is 0. The summed E-state index contributed by atoms with van der Waals surface area (Å²) in [4.78, 5) is 13.6. The molecule has 0 amide bonds. The summed E-state index contributed by atoms with van der Waals surface area (Å²) in [6, 6.07) is 0. The summed E-state index contributed by atoms with van der Waals surface area (Å²) in [5.74, 6) is -0.236. The van der Waals surface area contributed by atoms with Gasteiger partial charge < -0.3 is 10.1 Å². The molecule has 2 aromatic rings. The van der Waals surface area contributed by atoms with Gasteiger partial charge in [0.25, 0.3) is 0 Å². The minimum Gasteiger partial charge on any atom is -0.390 e. The molecule has 0 radical (unpaired) electrons. The van der Waals surface area contributed by atoms with Crippen LogP contribution < -0.4 is 0 Å². The molecule has 2 heterocycles. The maximum absolute atomic E-state index is 10.6. The first-order chi connectivity index (χ1) is 7.70. The molecule has 0 aliphatic rings. The van der Waals surface area contributed by atoms with Gasteiger partial charge in [-0.3, -0.25) is 4.68 Å². The molecule has 15 heavy (non-hydrogen) atoms. The first-order valence-electron chi connectivity index (χ1n) is 4.75. The lowest BCUT2D eigenvalue weighted by atomic mass is 10.5. The van der Waals surface area contributed by atoms with Gasteiger partial charge in [-0.2, -0.15) is 0 Å². The van der Waals surface area contributed by atoms with Crippen LogP contribution in [0.15, 0.2) is 18.6 Å². The van der Waals surface area contributed by atoms with Crippen molar-refractivity contribution in [2.45, 2.75) is 6.54 Å². The van der Waals surface area contributed by atoms with Crippen molar-refractivity contribution in [3.8, 4) is 0 Å². The summed E-state index contributed by atoms with van der Waals surface area (Å²) in [6.07, 6.45) is 4.42. The van der Waals surface area contributed by atoms with Gasteiger partial charge in [0.15, 0.2) is 0 Å². The number of rotatable bonds is 3. The second-order valence-corrected chi connectivity index (χ2v) is 2.86. The van der Waals surface area contributed by atoms with Gasteiger partial charge in [0.1, 0.15) is 24.6 Å². The molecule has 0 bridgehead atoms. The Morgan fingerprint density at radius 2 is 2.60 bits per heavy atom. The first kappa shape index (κ1) is 8.09. The zero-order valence-corrected chi connectivity index (χ0v) is 7.65. The van der Waals surface area contributed by atoms with E-state index in [1.807, 2.05) is 0 Å². The molecule has 0 fully saturated rings. The van der Waals surface area contributed by atoms with Crippen molar-refractivity contribution in [2.75, 3.05) is 0 Å². The fourth-order valence-corrected chi connectivity index (χ4v) is 1.18. The van der Waals surface area contributed by atoms with Gasteiger partial charge in [-0.25, -0.2) is 4.57 Å². The molecule has 8 heteroatoms. The van der Waals surface area contributed by atoms with Crippen LogP contribution in [0.2, 0.25) is 0 Å². The fourth-order valence-electron chi connectivity index (χ4n) is 1.18. The van der Waals surface area contributed by atoms with E-state index in [2.05, 4.69) is 15.3 Å². The molecule has 0 unspecified atom stereocenters. The van der Waals surface area contributed by atoms with Crippen molar-refractivity contribution in [3.05, 3.63) is 34.4 Å². The van der Waals surface area contributed by atoms with E-state index in [0.29, 0.717) is 5.69 Å². The number of aromatic nitrogens is 5. The van der Waals surface area contributed by atoms with Crippen LogP contribution in [0.1, 0.15) is 7.06 Å². The van der Waals surface area contributed by atoms with Crippen LogP contribution in [0.25, 0.3) is 0 Å². The molecule has 0 saturated heterocycles. The summed E-state index contributed by atoms with van der Waals surface area (Å²) >= 11 is 0. The minimum atomic E-state index is -0.561. The molecule has 78 valence electrons. The summed E-state index contributed by atoms with van der Waals surface area (Å²) < 4.78 is 9.74. The van der Waals surface area contributed by atoms with E-state index < -0.39 is 4.92 Å². The molecule has 8 nitrogen and oxygen atoms in total. The maximum Gasteiger partial charge on any atom is 0.434 e. The molecular formula is C7H8N6O2. The van der Waals surface area contributed by atoms with E-state index in [0.717, 1.165) is 0 Å². The van der Waals surface area contributed by atoms with Gasteiger partial charge in [0, 0.05) is 8.39 Å². The normalized spacial score (nSPS) is 11.3. The van der Waals surface area contributed by atoms with Crippen LogP contribution in [0.3, 0.4) is 0 Å².